The number of carbonyl (C=O) groups is 1. The van der Waals surface area contributed by atoms with Crippen LogP contribution in [0.15, 0.2) is 36.8 Å². The molecule has 25 heavy (non-hydrogen) atoms. The number of carbonyl (C=O) groups excluding carboxylic acids is 1. The van der Waals surface area contributed by atoms with Gasteiger partial charge in [0.1, 0.15) is 11.6 Å². The number of likely N-dealkylation sites (tertiary alicyclic amines) is 1. The van der Waals surface area contributed by atoms with E-state index in [1.165, 1.54) is 0 Å². The fourth-order valence-electron chi connectivity index (χ4n) is 3.10. The molecule has 1 saturated heterocycles. The van der Waals surface area contributed by atoms with Gasteiger partial charge in [-0.05, 0) is 30.9 Å². The lowest BCUT2D eigenvalue weighted by atomic mass is 9.94. The number of anilines is 2. The van der Waals surface area contributed by atoms with E-state index in [1.807, 2.05) is 29.3 Å². The molecule has 1 atom stereocenters. The van der Waals surface area contributed by atoms with Gasteiger partial charge in [0.25, 0.3) is 0 Å². The molecule has 1 aliphatic rings. The molecular weight excluding hydrogens is 314 g/mol. The number of aromatic nitrogens is 3. The van der Waals surface area contributed by atoms with Crippen molar-refractivity contribution in [3.8, 4) is 0 Å². The Bertz CT molecular complexity index is 687. The van der Waals surface area contributed by atoms with Crippen LogP contribution in [0.1, 0.15) is 44.7 Å². The van der Waals surface area contributed by atoms with Gasteiger partial charge in [-0.3, -0.25) is 9.78 Å². The van der Waals surface area contributed by atoms with Gasteiger partial charge in [-0.1, -0.05) is 19.9 Å². The summed E-state index contributed by atoms with van der Waals surface area (Å²) in [7, 11) is 0. The van der Waals surface area contributed by atoms with E-state index in [2.05, 4.69) is 34.1 Å². The average Bonchev–Trinajstić information content (AvgIpc) is 2.63. The van der Waals surface area contributed by atoms with Gasteiger partial charge >= 0.3 is 0 Å². The van der Waals surface area contributed by atoms with Crippen molar-refractivity contribution in [1.82, 2.24) is 19.9 Å². The number of hydrogen-bond acceptors (Lipinski definition) is 5. The van der Waals surface area contributed by atoms with Gasteiger partial charge in [0.2, 0.25) is 5.91 Å². The average molecular weight is 339 g/mol. The predicted molar refractivity (Wildman–Crippen MR) is 97.6 cm³/mol. The second-order valence-electron chi connectivity index (χ2n) is 6.94. The summed E-state index contributed by atoms with van der Waals surface area (Å²) in [6, 6.07) is 5.67. The summed E-state index contributed by atoms with van der Waals surface area (Å²) in [6.45, 7) is 5.76. The van der Waals surface area contributed by atoms with Crippen molar-refractivity contribution in [3.63, 3.8) is 0 Å². The molecule has 6 nitrogen and oxygen atoms in total. The summed E-state index contributed by atoms with van der Waals surface area (Å²) in [5.74, 6) is 2.32. The molecule has 0 aromatic carbocycles. The van der Waals surface area contributed by atoms with E-state index in [4.69, 9.17) is 0 Å². The standard InChI is InChI=1S/C19H25N5O/c1-14(2)10-19(25)24-9-5-6-15(13-24)16-11-22-18(12-21-16)23-17-7-3-4-8-20-17/h3-4,7-8,11-12,14-15H,5-6,9-10,13H2,1-2H3,(H,20,22,23)/t15-/m0/s1. The Labute approximate surface area is 148 Å². The topological polar surface area (TPSA) is 71.0 Å². The molecule has 0 saturated carbocycles. The van der Waals surface area contributed by atoms with Crippen LogP contribution in [0.3, 0.4) is 0 Å². The first-order chi connectivity index (χ1) is 12.1. The molecule has 0 radical (unpaired) electrons. The van der Waals surface area contributed by atoms with E-state index in [0.717, 1.165) is 37.4 Å². The van der Waals surface area contributed by atoms with Gasteiger partial charge in [0.15, 0.2) is 0 Å². The zero-order valence-electron chi connectivity index (χ0n) is 14.9. The number of piperidine rings is 1. The molecule has 0 aliphatic carbocycles. The lowest BCUT2D eigenvalue weighted by Gasteiger charge is -2.33. The molecule has 132 valence electrons. The predicted octanol–water partition coefficient (Wildman–Crippen LogP) is 3.37. The summed E-state index contributed by atoms with van der Waals surface area (Å²) >= 11 is 0. The number of hydrogen-bond donors (Lipinski definition) is 1. The number of nitrogens with zero attached hydrogens (tertiary/aromatic N) is 4. The lowest BCUT2D eigenvalue weighted by Crippen LogP contribution is -2.39. The van der Waals surface area contributed by atoms with Crippen LogP contribution >= 0.6 is 0 Å². The maximum atomic E-state index is 12.3. The van der Waals surface area contributed by atoms with Crippen LogP contribution in [0.2, 0.25) is 0 Å². The quantitative estimate of drug-likeness (QED) is 0.904. The molecule has 6 heteroatoms. The van der Waals surface area contributed by atoms with E-state index >= 15 is 0 Å². The van der Waals surface area contributed by atoms with E-state index in [1.54, 1.807) is 12.4 Å². The van der Waals surface area contributed by atoms with Crippen molar-refractivity contribution in [2.24, 2.45) is 5.92 Å². The molecule has 1 aliphatic heterocycles. The summed E-state index contributed by atoms with van der Waals surface area (Å²) in [4.78, 5) is 27.5. The molecular formula is C19H25N5O. The Hall–Kier alpha value is -2.50. The first-order valence-corrected chi connectivity index (χ1v) is 8.89. The fraction of sp³-hybridized carbons (Fsp3) is 0.474. The summed E-state index contributed by atoms with van der Waals surface area (Å²) in [5, 5.41) is 3.13. The third kappa shape index (κ3) is 4.75. The van der Waals surface area contributed by atoms with Crippen molar-refractivity contribution in [2.75, 3.05) is 18.4 Å². The van der Waals surface area contributed by atoms with E-state index in [0.29, 0.717) is 18.2 Å². The summed E-state index contributed by atoms with van der Waals surface area (Å²) < 4.78 is 0. The Morgan fingerprint density at radius 1 is 1.24 bits per heavy atom. The third-order valence-electron chi connectivity index (χ3n) is 4.37. The monoisotopic (exact) mass is 339 g/mol. The zero-order chi connectivity index (χ0) is 17.6. The van der Waals surface area contributed by atoms with Crippen molar-refractivity contribution < 1.29 is 4.79 Å². The van der Waals surface area contributed by atoms with Crippen molar-refractivity contribution in [1.29, 1.82) is 0 Å². The Kier molecular flexibility index (Phi) is 5.58. The Morgan fingerprint density at radius 2 is 2.12 bits per heavy atom. The van der Waals surface area contributed by atoms with Crippen molar-refractivity contribution in [2.45, 2.75) is 39.0 Å². The van der Waals surface area contributed by atoms with Gasteiger partial charge in [-0.25, -0.2) is 9.97 Å². The molecule has 3 rings (SSSR count). The van der Waals surface area contributed by atoms with Gasteiger partial charge in [0.05, 0.1) is 18.1 Å². The van der Waals surface area contributed by atoms with Crippen LogP contribution in [0.4, 0.5) is 11.6 Å². The first kappa shape index (κ1) is 17.3. The Balaban J connectivity index is 1.62. The number of pyridine rings is 1. The highest BCUT2D eigenvalue weighted by Gasteiger charge is 2.26. The van der Waals surface area contributed by atoms with Crippen molar-refractivity contribution in [3.05, 3.63) is 42.5 Å². The molecule has 2 aromatic heterocycles. The second kappa shape index (κ2) is 8.05. The maximum Gasteiger partial charge on any atom is 0.222 e. The van der Waals surface area contributed by atoms with Crippen molar-refractivity contribution >= 4 is 17.5 Å². The second-order valence-corrected chi connectivity index (χ2v) is 6.94. The van der Waals surface area contributed by atoms with Crippen LogP contribution in [-0.2, 0) is 4.79 Å². The molecule has 0 bridgehead atoms. The fourth-order valence-corrected chi connectivity index (χ4v) is 3.10. The SMILES string of the molecule is CC(C)CC(=O)N1CCC[C@H](c2cnc(Nc3ccccn3)cn2)C1. The molecule has 1 amide bonds. The minimum Gasteiger partial charge on any atom is -0.342 e. The smallest absolute Gasteiger partial charge is 0.222 e. The van der Waals surface area contributed by atoms with Crippen LogP contribution in [0.25, 0.3) is 0 Å². The molecule has 0 unspecified atom stereocenters. The summed E-state index contributed by atoms with van der Waals surface area (Å²) in [6.07, 6.45) is 7.96. The van der Waals surface area contributed by atoms with Crippen LogP contribution in [0.5, 0.6) is 0 Å². The van der Waals surface area contributed by atoms with Gasteiger partial charge in [-0.15, -0.1) is 0 Å². The van der Waals surface area contributed by atoms with Gasteiger partial charge in [0, 0.05) is 31.6 Å². The highest BCUT2D eigenvalue weighted by atomic mass is 16.2. The molecule has 0 spiro atoms. The van der Waals surface area contributed by atoms with Crippen LogP contribution < -0.4 is 5.32 Å². The molecule has 2 aromatic rings. The first-order valence-electron chi connectivity index (χ1n) is 8.89. The molecule has 3 heterocycles. The normalized spacial score (nSPS) is 17.6. The largest absolute Gasteiger partial charge is 0.342 e. The van der Waals surface area contributed by atoms with Gasteiger partial charge in [-0.2, -0.15) is 0 Å². The zero-order valence-corrected chi connectivity index (χ0v) is 14.9. The minimum absolute atomic E-state index is 0.251. The third-order valence-corrected chi connectivity index (χ3v) is 4.37. The number of nitrogens with one attached hydrogen (secondary N) is 1. The number of rotatable bonds is 5. The number of amides is 1. The van der Waals surface area contributed by atoms with Crippen LogP contribution in [-0.4, -0.2) is 38.8 Å². The maximum absolute atomic E-state index is 12.3. The highest BCUT2D eigenvalue weighted by molar-refractivity contribution is 5.76. The van der Waals surface area contributed by atoms with Gasteiger partial charge < -0.3 is 10.2 Å². The minimum atomic E-state index is 0.251. The highest BCUT2D eigenvalue weighted by Crippen LogP contribution is 2.26. The van der Waals surface area contributed by atoms with E-state index < -0.39 is 0 Å². The molecule has 1 N–H and O–H groups in total. The van der Waals surface area contributed by atoms with E-state index in [-0.39, 0.29) is 11.8 Å². The molecule has 1 fully saturated rings. The Morgan fingerprint density at radius 3 is 2.80 bits per heavy atom. The van der Waals surface area contributed by atoms with E-state index in [9.17, 15) is 4.79 Å². The van der Waals surface area contributed by atoms with Crippen LogP contribution in [0, 0.1) is 5.92 Å². The lowest BCUT2D eigenvalue weighted by molar-refractivity contribution is -0.133. The summed E-state index contributed by atoms with van der Waals surface area (Å²) in [5.41, 5.74) is 0.952.